The lowest BCUT2D eigenvalue weighted by molar-refractivity contribution is 0.584. The zero-order valence-corrected chi connectivity index (χ0v) is 10.7. The van der Waals surface area contributed by atoms with Gasteiger partial charge in [0.15, 0.2) is 0 Å². The maximum atomic E-state index is 13.2. The van der Waals surface area contributed by atoms with Gasteiger partial charge in [0.25, 0.3) is 0 Å². The van der Waals surface area contributed by atoms with Gasteiger partial charge in [-0.15, -0.1) is 0 Å². The zero-order chi connectivity index (χ0) is 13.1. The SMILES string of the molecule is CCCc1c(-c2cc(F)cc(F)c2)[nH]cnc1=S. The van der Waals surface area contributed by atoms with Crippen LogP contribution in [0.4, 0.5) is 8.78 Å². The Morgan fingerprint density at radius 3 is 2.50 bits per heavy atom. The fraction of sp³-hybridized carbons (Fsp3) is 0.231. The molecule has 0 amide bonds. The molecule has 0 bridgehead atoms. The predicted octanol–water partition coefficient (Wildman–Crippen LogP) is 4.04. The van der Waals surface area contributed by atoms with Crippen LogP contribution in [0.15, 0.2) is 24.5 Å². The topological polar surface area (TPSA) is 28.7 Å². The van der Waals surface area contributed by atoms with Crippen LogP contribution in [0.2, 0.25) is 0 Å². The number of H-pyrrole nitrogens is 1. The lowest BCUT2D eigenvalue weighted by Gasteiger charge is -2.09. The van der Waals surface area contributed by atoms with Gasteiger partial charge in [0.1, 0.15) is 16.3 Å². The first-order valence-corrected chi connectivity index (χ1v) is 6.05. The van der Waals surface area contributed by atoms with E-state index in [-0.39, 0.29) is 0 Å². The summed E-state index contributed by atoms with van der Waals surface area (Å²) in [6.07, 6.45) is 3.05. The molecule has 1 N–H and O–H groups in total. The van der Waals surface area contributed by atoms with Gasteiger partial charge in [-0.05, 0) is 18.6 Å². The van der Waals surface area contributed by atoms with Crippen molar-refractivity contribution in [1.29, 1.82) is 0 Å². The lowest BCUT2D eigenvalue weighted by atomic mass is 10.0. The molecule has 0 spiro atoms. The average molecular weight is 266 g/mol. The Morgan fingerprint density at radius 1 is 1.22 bits per heavy atom. The van der Waals surface area contributed by atoms with Crippen LogP contribution in [-0.4, -0.2) is 9.97 Å². The highest BCUT2D eigenvalue weighted by atomic mass is 32.1. The molecule has 2 rings (SSSR count). The average Bonchev–Trinajstić information content (AvgIpc) is 2.30. The van der Waals surface area contributed by atoms with Crippen molar-refractivity contribution in [1.82, 2.24) is 9.97 Å². The Kier molecular flexibility index (Phi) is 3.81. The van der Waals surface area contributed by atoms with E-state index in [4.69, 9.17) is 12.2 Å². The summed E-state index contributed by atoms with van der Waals surface area (Å²) in [4.78, 5) is 6.92. The van der Waals surface area contributed by atoms with E-state index in [1.807, 2.05) is 6.92 Å². The number of hydrogen-bond acceptors (Lipinski definition) is 2. The van der Waals surface area contributed by atoms with Gasteiger partial charge in [-0.3, -0.25) is 0 Å². The molecular weight excluding hydrogens is 254 g/mol. The third-order valence-corrected chi connectivity index (χ3v) is 2.95. The van der Waals surface area contributed by atoms with E-state index in [0.29, 0.717) is 15.9 Å². The number of aromatic amines is 1. The molecule has 0 unspecified atom stereocenters. The van der Waals surface area contributed by atoms with Crippen LogP contribution in [-0.2, 0) is 6.42 Å². The fourth-order valence-corrected chi connectivity index (χ4v) is 2.12. The molecule has 94 valence electrons. The minimum Gasteiger partial charge on any atom is -0.346 e. The highest BCUT2D eigenvalue weighted by molar-refractivity contribution is 7.71. The van der Waals surface area contributed by atoms with E-state index in [1.54, 1.807) is 0 Å². The van der Waals surface area contributed by atoms with E-state index in [1.165, 1.54) is 18.5 Å². The smallest absolute Gasteiger partial charge is 0.133 e. The molecule has 2 aromatic rings. The standard InChI is InChI=1S/C13H12F2N2S/c1-2-3-11-12(16-7-17-13(11)18)8-4-9(14)6-10(15)5-8/h4-7H,2-3H2,1H3,(H,16,17,18). The molecule has 0 fully saturated rings. The van der Waals surface area contributed by atoms with Crippen molar-refractivity contribution in [3.8, 4) is 11.3 Å². The van der Waals surface area contributed by atoms with Crippen LogP contribution in [0.3, 0.4) is 0 Å². The molecule has 0 aliphatic rings. The molecule has 0 saturated carbocycles. The molecule has 0 aliphatic carbocycles. The molecule has 2 nitrogen and oxygen atoms in total. The van der Waals surface area contributed by atoms with E-state index in [9.17, 15) is 8.78 Å². The van der Waals surface area contributed by atoms with Crippen molar-refractivity contribution in [2.75, 3.05) is 0 Å². The van der Waals surface area contributed by atoms with E-state index in [0.717, 1.165) is 24.5 Å². The molecule has 1 aromatic heterocycles. The third kappa shape index (κ3) is 2.61. The summed E-state index contributed by atoms with van der Waals surface area (Å²) in [5.74, 6) is -1.22. The number of hydrogen-bond donors (Lipinski definition) is 1. The second-order valence-corrected chi connectivity index (χ2v) is 4.36. The van der Waals surface area contributed by atoms with Crippen LogP contribution in [0.1, 0.15) is 18.9 Å². The Balaban J connectivity index is 2.63. The highest BCUT2D eigenvalue weighted by Gasteiger charge is 2.10. The molecule has 0 radical (unpaired) electrons. The molecule has 1 aromatic carbocycles. The predicted molar refractivity (Wildman–Crippen MR) is 68.8 cm³/mol. The maximum absolute atomic E-state index is 13.2. The minimum absolute atomic E-state index is 0.449. The Bertz CT molecular complexity index is 602. The molecule has 0 saturated heterocycles. The van der Waals surface area contributed by atoms with Crippen LogP contribution < -0.4 is 0 Å². The molecule has 5 heteroatoms. The molecule has 1 heterocycles. The molecular formula is C13H12F2N2S. The molecule has 0 atom stereocenters. The second-order valence-electron chi connectivity index (χ2n) is 3.97. The van der Waals surface area contributed by atoms with Crippen LogP contribution in [0.5, 0.6) is 0 Å². The third-order valence-electron chi connectivity index (χ3n) is 2.60. The summed E-state index contributed by atoms with van der Waals surface area (Å²) in [6.45, 7) is 2.01. The first-order chi connectivity index (χ1) is 8.61. The van der Waals surface area contributed by atoms with Crippen molar-refractivity contribution in [3.05, 3.63) is 46.4 Å². The Hall–Kier alpha value is -1.62. The largest absolute Gasteiger partial charge is 0.346 e. The van der Waals surface area contributed by atoms with Gasteiger partial charge in [-0.25, -0.2) is 13.8 Å². The number of benzene rings is 1. The normalized spacial score (nSPS) is 10.6. The van der Waals surface area contributed by atoms with Crippen LogP contribution in [0.25, 0.3) is 11.3 Å². The maximum Gasteiger partial charge on any atom is 0.133 e. The Morgan fingerprint density at radius 2 is 1.89 bits per heavy atom. The first-order valence-electron chi connectivity index (χ1n) is 5.65. The van der Waals surface area contributed by atoms with E-state index in [2.05, 4.69) is 9.97 Å². The zero-order valence-electron chi connectivity index (χ0n) is 9.84. The monoisotopic (exact) mass is 266 g/mol. The summed E-state index contributed by atoms with van der Waals surface area (Å²) < 4.78 is 26.9. The molecule has 18 heavy (non-hydrogen) atoms. The van der Waals surface area contributed by atoms with E-state index >= 15 is 0 Å². The number of aromatic nitrogens is 2. The summed E-state index contributed by atoms with van der Waals surface area (Å²) >= 11 is 5.15. The second kappa shape index (κ2) is 5.35. The summed E-state index contributed by atoms with van der Waals surface area (Å²) in [5.41, 5.74) is 1.90. The quantitative estimate of drug-likeness (QED) is 0.849. The van der Waals surface area contributed by atoms with Crippen molar-refractivity contribution < 1.29 is 8.78 Å². The van der Waals surface area contributed by atoms with Crippen molar-refractivity contribution in [2.45, 2.75) is 19.8 Å². The summed E-state index contributed by atoms with van der Waals surface area (Å²) in [6, 6.07) is 3.41. The van der Waals surface area contributed by atoms with Gasteiger partial charge in [0.2, 0.25) is 0 Å². The number of nitrogens with zero attached hydrogens (tertiary/aromatic N) is 1. The molecule has 0 aliphatic heterocycles. The first kappa shape index (κ1) is 12.8. The highest BCUT2D eigenvalue weighted by Crippen LogP contribution is 2.24. The summed E-state index contributed by atoms with van der Waals surface area (Å²) in [5, 5.41) is 0. The van der Waals surface area contributed by atoms with Gasteiger partial charge in [0.05, 0.1) is 12.0 Å². The lowest BCUT2D eigenvalue weighted by Crippen LogP contribution is -1.97. The van der Waals surface area contributed by atoms with Gasteiger partial charge in [-0.2, -0.15) is 0 Å². The summed E-state index contributed by atoms with van der Waals surface area (Å²) in [7, 11) is 0. The van der Waals surface area contributed by atoms with E-state index < -0.39 is 11.6 Å². The van der Waals surface area contributed by atoms with Gasteiger partial charge < -0.3 is 4.98 Å². The van der Waals surface area contributed by atoms with Crippen molar-refractivity contribution in [3.63, 3.8) is 0 Å². The Labute approximate surface area is 109 Å². The fourth-order valence-electron chi connectivity index (χ4n) is 1.87. The number of nitrogens with one attached hydrogen (secondary N) is 1. The van der Waals surface area contributed by atoms with Crippen molar-refractivity contribution >= 4 is 12.2 Å². The number of rotatable bonds is 3. The number of halogens is 2. The van der Waals surface area contributed by atoms with Gasteiger partial charge in [0, 0.05) is 17.2 Å². The van der Waals surface area contributed by atoms with Gasteiger partial charge in [-0.1, -0.05) is 25.6 Å². The van der Waals surface area contributed by atoms with Gasteiger partial charge >= 0.3 is 0 Å². The minimum atomic E-state index is -0.608. The van der Waals surface area contributed by atoms with Crippen molar-refractivity contribution in [2.24, 2.45) is 0 Å². The van der Waals surface area contributed by atoms with Crippen LogP contribution in [0, 0.1) is 16.3 Å². The van der Waals surface area contributed by atoms with Crippen LogP contribution >= 0.6 is 12.2 Å².